The second kappa shape index (κ2) is 7.34. The fourth-order valence-electron chi connectivity index (χ4n) is 8.55. The van der Waals surface area contributed by atoms with Crippen LogP contribution in [0.4, 0.5) is 4.39 Å². The maximum absolute atomic E-state index is 15.6. The first-order valence-electron chi connectivity index (χ1n) is 13.6. The molecule has 1 aromatic rings. The molecule has 174 valence electrons. The van der Waals surface area contributed by atoms with Crippen molar-refractivity contribution >= 4 is 5.70 Å². The lowest BCUT2D eigenvalue weighted by atomic mass is 9.74. The number of halogens is 1. The molecule has 4 saturated carbocycles. The van der Waals surface area contributed by atoms with Gasteiger partial charge in [-0.3, -0.25) is 0 Å². The lowest BCUT2D eigenvalue weighted by Crippen LogP contribution is -2.26. The van der Waals surface area contributed by atoms with E-state index in [1.54, 1.807) is 0 Å². The minimum absolute atomic E-state index is 0.0352. The zero-order valence-corrected chi connectivity index (χ0v) is 20.6. The quantitative estimate of drug-likeness (QED) is 0.438. The van der Waals surface area contributed by atoms with Gasteiger partial charge in [-0.15, -0.1) is 0 Å². The number of hydrogen-bond donors (Lipinski definition) is 0. The summed E-state index contributed by atoms with van der Waals surface area (Å²) >= 11 is 0. The van der Waals surface area contributed by atoms with Crippen molar-refractivity contribution in [2.45, 2.75) is 103 Å². The number of rotatable bonds is 6. The van der Waals surface area contributed by atoms with Gasteiger partial charge in [0.2, 0.25) is 0 Å². The molecule has 32 heavy (non-hydrogen) atoms. The van der Waals surface area contributed by atoms with Crippen molar-refractivity contribution in [3.63, 3.8) is 0 Å². The van der Waals surface area contributed by atoms with Gasteiger partial charge in [0, 0.05) is 23.8 Å². The Bertz CT molecular complexity index is 909. The molecule has 1 heterocycles. The van der Waals surface area contributed by atoms with Crippen molar-refractivity contribution in [2.24, 2.45) is 28.6 Å². The van der Waals surface area contributed by atoms with Crippen LogP contribution >= 0.6 is 0 Å². The van der Waals surface area contributed by atoms with E-state index in [0.717, 1.165) is 42.0 Å². The van der Waals surface area contributed by atoms with Crippen LogP contribution < -0.4 is 0 Å². The summed E-state index contributed by atoms with van der Waals surface area (Å²) in [6.45, 7) is 12.7. The summed E-state index contributed by atoms with van der Waals surface area (Å²) in [7, 11) is 0. The van der Waals surface area contributed by atoms with Crippen molar-refractivity contribution in [3.05, 3.63) is 41.2 Å². The van der Waals surface area contributed by atoms with Crippen LogP contribution in [0.2, 0.25) is 0 Å². The Morgan fingerprint density at radius 3 is 2.34 bits per heavy atom. The van der Waals surface area contributed by atoms with Gasteiger partial charge in [-0.1, -0.05) is 20.4 Å². The van der Waals surface area contributed by atoms with Crippen molar-refractivity contribution in [1.29, 1.82) is 0 Å². The first-order chi connectivity index (χ1) is 15.3. The topological polar surface area (TPSA) is 3.24 Å². The fraction of sp³-hybridized carbons (Fsp3) is 0.733. The third kappa shape index (κ3) is 3.55. The zero-order valence-electron chi connectivity index (χ0n) is 20.6. The third-order valence-electron chi connectivity index (χ3n) is 10.3. The number of likely N-dealkylation sites (tertiary alicyclic amines) is 1. The molecule has 1 spiro atoms. The highest BCUT2D eigenvalue weighted by molar-refractivity contribution is 5.65. The summed E-state index contributed by atoms with van der Waals surface area (Å²) in [5.41, 5.74) is 5.51. The van der Waals surface area contributed by atoms with E-state index < -0.39 is 0 Å². The molecular weight excluding hydrogens is 393 g/mol. The maximum Gasteiger partial charge on any atom is 0.132 e. The van der Waals surface area contributed by atoms with Crippen LogP contribution in [0.3, 0.4) is 0 Å². The molecule has 3 unspecified atom stereocenters. The molecule has 1 saturated heterocycles. The van der Waals surface area contributed by atoms with Crippen LogP contribution in [0.5, 0.6) is 0 Å². The molecule has 0 aromatic heterocycles. The smallest absolute Gasteiger partial charge is 0.132 e. The molecule has 5 aliphatic rings. The summed E-state index contributed by atoms with van der Waals surface area (Å²) in [6, 6.07) is 4.63. The first kappa shape index (κ1) is 21.2. The van der Waals surface area contributed by atoms with E-state index in [0.29, 0.717) is 22.8 Å². The van der Waals surface area contributed by atoms with Gasteiger partial charge in [-0.05, 0) is 135 Å². The standard InChI is InChI=1S/C30H42FN/c1-19-11-25-12-20(2)16-30(25,15-19)8-7-24-13-28(31)26(14-27(24)23-5-6-23)22(4)32-18-29(9-10-29)17-21(32)3/h13-14,19-21,23,25H,4-12,15-18H2,1-3H3. The van der Waals surface area contributed by atoms with Crippen LogP contribution in [-0.4, -0.2) is 17.5 Å². The highest BCUT2D eigenvalue weighted by Crippen LogP contribution is 2.60. The van der Waals surface area contributed by atoms with Crippen LogP contribution in [0.15, 0.2) is 18.7 Å². The van der Waals surface area contributed by atoms with Crippen molar-refractivity contribution in [2.75, 3.05) is 6.54 Å². The number of nitrogens with zero attached hydrogens (tertiary/aromatic N) is 1. The highest BCUT2D eigenvalue weighted by Gasteiger charge is 2.52. The average molecular weight is 436 g/mol. The van der Waals surface area contributed by atoms with Crippen molar-refractivity contribution in [1.82, 2.24) is 4.90 Å². The lowest BCUT2D eigenvalue weighted by Gasteiger charge is -2.31. The summed E-state index contributed by atoms with van der Waals surface area (Å²) in [4.78, 5) is 2.41. The van der Waals surface area contributed by atoms with E-state index >= 15 is 4.39 Å². The third-order valence-corrected chi connectivity index (χ3v) is 10.3. The molecule has 5 fully saturated rings. The molecule has 2 heteroatoms. The predicted octanol–water partition coefficient (Wildman–Crippen LogP) is 7.94. The van der Waals surface area contributed by atoms with Gasteiger partial charge in [0.05, 0.1) is 0 Å². The minimum atomic E-state index is -0.0352. The van der Waals surface area contributed by atoms with E-state index in [9.17, 15) is 0 Å². The fourth-order valence-corrected chi connectivity index (χ4v) is 8.55. The molecular formula is C30H42FN. The molecule has 1 nitrogen and oxygen atoms in total. The van der Waals surface area contributed by atoms with Crippen molar-refractivity contribution < 1.29 is 4.39 Å². The van der Waals surface area contributed by atoms with Gasteiger partial charge in [0.1, 0.15) is 5.82 Å². The van der Waals surface area contributed by atoms with E-state index in [1.165, 1.54) is 75.3 Å². The molecule has 1 aliphatic heterocycles. The first-order valence-corrected chi connectivity index (χ1v) is 13.6. The van der Waals surface area contributed by atoms with Gasteiger partial charge in [-0.25, -0.2) is 4.39 Å². The minimum Gasteiger partial charge on any atom is -0.368 e. The normalized spacial score (nSPS) is 37.3. The zero-order chi connectivity index (χ0) is 22.3. The van der Waals surface area contributed by atoms with Crippen molar-refractivity contribution in [3.8, 4) is 0 Å². The Hall–Kier alpha value is -1.31. The lowest BCUT2D eigenvalue weighted by molar-refractivity contribution is 0.214. The maximum atomic E-state index is 15.6. The monoisotopic (exact) mass is 435 g/mol. The second-order valence-corrected chi connectivity index (χ2v) is 13.1. The SMILES string of the molecule is C=C(c1cc(C2CC2)c(CCC23CC(C)CC2CC(C)C3)cc1F)N1CC2(CC2)CC1C. The van der Waals surface area contributed by atoms with Gasteiger partial charge in [0.25, 0.3) is 0 Å². The van der Waals surface area contributed by atoms with Crippen LogP contribution in [0.25, 0.3) is 5.70 Å². The number of fused-ring (bicyclic) bond motifs is 1. The molecule has 4 aliphatic carbocycles. The van der Waals surface area contributed by atoms with Gasteiger partial charge in [0.15, 0.2) is 0 Å². The Morgan fingerprint density at radius 1 is 1.06 bits per heavy atom. The summed E-state index contributed by atoms with van der Waals surface area (Å²) < 4.78 is 15.6. The molecule has 0 amide bonds. The van der Waals surface area contributed by atoms with Crippen LogP contribution in [-0.2, 0) is 6.42 Å². The molecule has 0 radical (unpaired) electrons. The highest BCUT2D eigenvalue weighted by atomic mass is 19.1. The summed E-state index contributed by atoms with van der Waals surface area (Å²) in [5.74, 6) is 3.27. The Balaban J connectivity index is 1.25. The number of aryl methyl sites for hydroxylation is 1. The van der Waals surface area contributed by atoms with Gasteiger partial charge in [-0.2, -0.15) is 0 Å². The van der Waals surface area contributed by atoms with E-state index in [1.807, 2.05) is 6.07 Å². The van der Waals surface area contributed by atoms with E-state index in [2.05, 4.69) is 38.3 Å². The molecule has 0 bridgehead atoms. The molecule has 3 atom stereocenters. The Morgan fingerprint density at radius 2 is 1.75 bits per heavy atom. The van der Waals surface area contributed by atoms with Crippen LogP contribution in [0.1, 0.15) is 108 Å². The summed E-state index contributed by atoms with van der Waals surface area (Å²) in [5, 5.41) is 0. The number of hydrogen-bond acceptors (Lipinski definition) is 1. The molecule has 1 aromatic carbocycles. The number of benzene rings is 1. The average Bonchev–Trinajstić information content (AvgIpc) is 3.62. The van der Waals surface area contributed by atoms with E-state index in [-0.39, 0.29) is 5.82 Å². The summed E-state index contributed by atoms with van der Waals surface area (Å²) in [6.07, 6.45) is 14.4. The Kier molecular flexibility index (Phi) is 4.87. The Labute approximate surface area is 194 Å². The molecule has 6 rings (SSSR count). The predicted molar refractivity (Wildman–Crippen MR) is 131 cm³/mol. The largest absolute Gasteiger partial charge is 0.368 e. The molecule has 0 N–H and O–H groups in total. The van der Waals surface area contributed by atoms with Gasteiger partial charge >= 0.3 is 0 Å². The van der Waals surface area contributed by atoms with Gasteiger partial charge < -0.3 is 4.90 Å². The second-order valence-electron chi connectivity index (χ2n) is 13.1. The van der Waals surface area contributed by atoms with Crippen LogP contribution in [0, 0.1) is 34.4 Å². The van der Waals surface area contributed by atoms with E-state index in [4.69, 9.17) is 0 Å².